The molecule has 6 nitrogen and oxygen atoms in total. The number of aromatic nitrogens is 2. The Kier molecular flexibility index (Phi) is 4.50. The maximum absolute atomic E-state index is 12.6. The van der Waals surface area contributed by atoms with E-state index in [1.165, 1.54) is 11.3 Å². The van der Waals surface area contributed by atoms with Gasteiger partial charge in [0, 0.05) is 36.1 Å². The zero-order valence-electron chi connectivity index (χ0n) is 12.5. The standard InChI is InChI=1S/C16H15N3O3S/c1-22-7-6-17-15(21)13-9-23-16(19-13)14(20)11-8-18-12-5-3-2-4-10(11)12/h2-5,8-9,18H,6-7H2,1H3,(H,17,21). The predicted molar refractivity (Wildman–Crippen MR) is 88.1 cm³/mol. The summed E-state index contributed by atoms with van der Waals surface area (Å²) >= 11 is 1.17. The Balaban J connectivity index is 1.80. The summed E-state index contributed by atoms with van der Waals surface area (Å²) in [5, 5.41) is 5.41. The highest BCUT2D eigenvalue weighted by Crippen LogP contribution is 2.22. The zero-order chi connectivity index (χ0) is 16.2. The predicted octanol–water partition coefficient (Wildman–Crippen LogP) is 2.23. The third-order valence-electron chi connectivity index (χ3n) is 3.36. The quantitative estimate of drug-likeness (QED) is 0.536. The van der Waals surface area contributed by atoms with Gasteiger partial charge in [0.2, 0.25) is 5.78 Å². The van der Waals surface area contributed by atoms with Gasteiger partial charge in [-0.25, -0.2) is 4.98 Å². The van der Waals surface area contributed by atoms with Crippen LogP contribution in [0.15, 0.2) is 35.8 Å². The van der Waals surface area contributed by atoms with Crippen molar-refractivity contribution in [3.05, 3.63) is 52.1 Å². The summed E-state index contributed by atoms with van der Waals surface area (Å²) < 4.78 is 4.87. The lowest BCUT2D eigenvalue weighted by atomic mass is 10.1. The van der Waals surface area contributed by atoms with Crippen molar-refractivity contribution in [3.63, 3.8) is 0 Å². The molecule has 0 atom stereocenters. The molecule has 1 aromatic carbocycles. The molecule has 118 valence electrons. The van der Waals surface area contributed by atoms with Crippen LogP contribution in [0.2, 0.25) is 0 Å². The Hall–Kier alpha value is -2.51. The number of carbonyl (C=O) groups is 2. The number of para-hydroxylation sites is 1. The van der Waals surface area contributed by atoms with Crippen molar-refractivity contribution < 1.29 is 14.3 Å². The molecule has 0 unspecified atom stereocenters. The first-order chi connectivity index (χ1) is 11.2. The summed E-state index contributed by atoms with van der Waals surface area (Å²) in [5.74, 6) is -0.500. The van der Waals surface area contributed by atoms with E-state index in [0.717, 1.165) is 10.9 Å². The number of carbonyl (C=O) groups excluding carboxylic acids is 2. The largest absolute Gasteiger partial charge is 0.383 e. The van der Waals surface area contributed by atoms with E-state index in [4.69, 9.17) is 4.74 Å². The number of hydrogen-bond donors (Lipinski definition) is 2. The second kappa shape index (κ2) is 6.72. The summed E-state index contributed by atoms with van der Waals surface area (Å²) in [5.41, 5.74) is 1.69. The first-order valence-electron chi connectivity index (χ1n) is 7.04. The van der Waals surface area contributed by atoms with Crippen molar-refractivity contribution in [1.82, 2.24) is 15.3 Å². The monoisotopic (exact) mass is 329 g/mol. The zero-order valence-corrected chi connectivity index (χ0v) is 13.3. The molecule has 0 bridgehead atoms. The van der Waals surface area contributed by atoms with Gasteiger partial charge in [-0.2, -0.15) is 0 Å². The molecular weight excluding hydrogens is 314 g/mol. The van der Waals surface area contributed by atoms with Crippen molar-refractivity contribution in [2.24, 2.45) is 0 Å². The molecule has 0 spiro atoms. The number of fused-ring (bicyclic) bond motifs is 1. The highest BCUT2D eigenvalue weighted by atomic mass is 32.1. The van der Waals surface area contributed by atoms with Gasteiger partial charge in [0.15, 0.2) is 5.01 Å². The number of benzene rings is 1. The van der Waals surface area contributed by atoms with E-state index >= 15 is 0 Å². The lowest BCUT2D eigenvalue weighted by molar-refractivity contribution is 0.0933. The number of nitrogens with zero attached hydrogens (tertiary/aromatic N) is 1. The fraction of sp³-hybridized carbons (Fsp3) is 0.188. The van der Waals surface area contributed by atoms with Gasteiger partial charge in [0.1, 0.15) is 5.69 Å². The Morgan fingerprint density at radius 2 is 2.17 bits per heavy atom. The van der Waals surface area contributed by atoms with Gasteiger partial charge in [-0.3, -0.25) is 9.59 Å². The van der Waals surface area contributed by atoms with Crippen LogP contribution in [0.4, 0.5) is 0 Å². The number of ketones is 1. The summed E-state index contributed by atoms with van der Waals surface area (Å²) in [6, 6.07) is 7.57. The van der Waals surface area contributed by atoms with Crippen LogP contribution in [0.25, 0.3) is 10.9 Å². The number of amides is 1. The van der Waals surface area contributed by atoms with Crippen LogP contribution in [-0.4, -0.2) is 41.9 Å². The van der Waals surface area contributed by atoms with Crippen LogP contribution in [0.3, 0.4) is 0 Å². The summed E-state index contributed by atoms with van der Waals surface area (Å²) in [7, 11) is 1.56. The van der Waals surface area contributed by atoms with Gasteiger partial charge < -0.3 is 15.0 Å². The molecule has 23 heavy (non-hydrogen) atoms. The molecule has 3 rings (SSSR count). The Morgan fingerprint density at radius 1 is 1.35 bits per heavy atom. The van der Waals surface area contributed by atoms with Crippen LogP contribution < -0.4 is 5.32 Å². The van der Waals surface area contributed by atoms with Crippen LogP contribution in [0.1, 0.15) is 25.9 Å². The smallest absolute Gasteiger partial charge is 0.270 e. The van der Waals surface area contributed by atoms with E-state index in [9.17, 15) is 9.59 Å². The van der Waals surface area contributed by atoms with Crippen molar-refractivity contribution >= 4 is 33.9 Å². The third-order valence-corrected chi connectivity index (χ3v) is 4.20. The molecular formula is C16H15N3O3S. The first-order valence-corrected chi connectivity index (χ1v) is 7.92. The van der Waals surface area contributed by atoms with E-state index in [0.29, 0.717) is 23.7 Å². The van der Waals surface area contributed by atoms with E-state index in [1.807, 2.05) is 24.3 Å². The maximum atomic E-state index is 12.6. The topological polar surface area (TPSA) is 84.1 Å². The molecule has 7 heteroatoms. The molecule has 1 amide bonds. The number of methoxy groups -OCH3 is 1. The van der Waals surface area contributed by atoms with Gasteiger partial charge in [0.25, 0.3) is 5.91 Å². The average molecular weight is 329 g/mol. The fourth-order valence-electron chi connectivity index (χ4n) is 2.21. The number of rotatable bonds is 6. The van der Waals surface area contributed by atoms with Crippen molar-refractivity contribution in [2.45, 2.75) is 0 Å². The van der Waals surface area contributed by atoms with Gasteiger partial charge in [-0.15, -0.1) is 11.3 Å². The molecule has 0 saturated carbocycles. The van der Waals surface area contributed by atoms with Crippen LogP contribution in [0, 0.1) is 0 Å². The minimum Gasteiger partial charge on any atom is -0.383 e. The van der Waals surface area contributed by atoms with Gasteiger partial charge >= 0.3 is 0 Å². The van der Waals surface area contributed by atoms with Gasteiger partial charge in [0.05, 0.1) is 12.2 Å². The SMILES string of the molecule is COCCNC(=O)c1csc(C(=O)c2c[nH]c3ccccc23)n1. The molecule has 0 fully saturated rings. The summed E-state index contributed by atoms with van der Waals surface area (Å²) in [4.78, 5) is 31.7. The van der Waals surface area contributed by atoms with Gasteiger partial charge in [-0.1, -0.05) is 18.2 Å². The number of aromatic amines is 1. The number of nitrogens with one attached hydrogen (secondary N) is 2. The summed E-state index contributed by atoms with van der Waals surface area (Å²) in [6.45, 7) is 0.829. The lowest BCUT2D eigenvalue weighted by Gasteiger charge is -2.01. The van der Waals surface area contributed by atoms with Crippen molar-refractivity contribution in [3.8, 4) is 0 Å². The second-order valence-electron chi connectivity index (χ2n) is 4.86. The third kappa shape index (κ3) is 3.15. The number of thiazole rings is 1. The molecule has 2 aromatic heterocycles. The minimum absolute atomic E-state index is 0.191. The molecule has 0 radical (unpaired) electrons. The van der Waals surface area contributed by atoms with Crippen molar-refractivity contribution in [2.75, 3.05) is 20.3 Å². The van der Waals surface area contributed by atoms with E-state index in [1.54, 1.807) is 18.7 Å². The molecule has 2 N–H and O–H groups in total. The minimum atomic E-state index is -0.309. The highest BCUT2D eigenvalue weighted by Gasteiger charge is 2.19. The van der Waals surface area contributed by atoms with E-state index in [-0.39, 0.29) is 17.4 Å². The number of hydrogen-bond acceptors (Lipinski definition) is 5. The lowest BCUT2D eigenvalue weighted by Crippen LogP contribution is -2.27. The highest BCUT2D eigenvalue weighted by molar-refractivity contribution is 7.12. The van der Waals surface area contributed by atoms with Crippen LogP contribution in [-0.2, 0) is 4.74 Å². The normalized spacial score (nSPS) is 10.8. The fourth-order valence-corrected chi connectivity index (χ4v) is 2.97. The molecule has 0 saturated heterocycles. The van der Waals surface area contributed by atoms with E-state index < -0.39 is 0 Å². The number of ether oxygens (including phenoxy) is 1. The van der Waals surface area contributed by atoms with Gasteiger partial charge in [-0.05, 0) is 6.07 Å². The average Bonchev–Trinajstić information content (AvgIpc) is 3.21. The van der Waals surface area contributed by atoms with Crippen LogP contribution >= 0.6 is 11.3 Å². The second-order valence-corrected chi connectivity index (χ2v) is 5.72. The Morgan fingerprint density at radius 3 is 3.00 bits per heavy atom. The molecule has 2 heterocycles. The van der Waals surface area contributed by atoms with Crippen LogP contribution in [0.5, 0.6) is 0 Å². The molecule has 0 aliphatic carbocycles. The van der Waals surface area contributed by atoms with E-state index in [2.05, 4.69) is 15.3 Å². The summed E-state index contributed by atoms with van der Waals surface area (Å²) in [6.07, 6.45) is 1.67. The molecule has 3 aromatic rings. The number of H-pyrrole nitrogens is 1. The maximum Gasteiger partial charge on any atom is 0.270 e. The first kappa shape index (κ1) is 15.4. The molecule has 0 aliphatic rings. The Bertz CT molecular complexity index is 853. The Labute approximate surface area is 136 Å². The molecule has 0 aliphatic heterocycles. The van der Waals surface area contributed by atoms with Crippen molar-refractivity contribution in [1.29, 1.82) is 0 Å².